The zero-order chi connectivity index (χ0) is 20.3. The lowest BCUT2D eigenvalue weighted by atomic mass is 10.2. The molecule has 3 rings (SSSR count). The van der Waals surface area contributed by atoms with Crippen LogP contribution in [0.2, 0.25) is 0 Å². The van der Waals surface area contributed by atoms with E-state index in [-0.39, 0.29) is 17.1 Å². The highest BCUT2D eigenvalue weighted by Crippen LogP contribution is 2.30. The minimum Gasteiger partial charge on any atom is -0.485 e. The van der Waals surface area contributed by atoms with Crippen LogP contribution in [0.5, 0.6) is 11.5 Å². The summed E-state index contributed by atoms with van der Waals surface area (Å²) in [5.74, 6) is -0.408. The molecular weight excluding hydrogens is 384 g/mol. The van der Waals surface area contributed by atoms with Crippen LogP contribution >= 0.6 is 0 Å². The fourth-order valence-electron chi connectivity index (χ4n) is 2.57. The van der Waals surface area contributed by atoms with Crippen molar-refractivity contribution in [2.24, 2.45) is 0 Å². The third-order valence-electron chi connectivity index (χ3n) is 4.16. The number of para-hydroxylation sites is 2. The molecule has 28 heavy (non-hydrogen) atoms. The third-order valence-corrected chi connectivity index (χ3v) is 6.37. The Balaban J connectivity index is 1.68. The van der Waals surface area contributed by atoms with Crippen molar-refractivity contribution in [3.05, 3.63) is 54.1 Å². The van der Waals surface area contributed by atoms with Gasteiger partial charge in [0, 0.05) is 0 Å². The monoisotopic (exact) mass is 404 g/mol. The SMILES string of the molecule is CC(C)S(=O)(=O)c1ccccc1C(=O)NNC(=O)C1COc2ccccc2O1. The number of carbonyl (C=O) groups is 2. The molecule has 0 aliphatic carbocycles. The Labute approximate surface area is 162 Å². The predicted octanol–water partition coefficient (Wildman–Crippen LogP) is 1.47. The van der Waals surface area contributed by atoms with Crippen LogP contribution in [-0.2, 0) is 14.6 Å². The smallest absolute Gasteiger partial charge is 0.283 e. The largest absolute Gasteiger partial charge is 0.485 e. The number of sulfone groups is 1. The molecule has 2 aromatic carbocycles. The molecule has 0 radical (unpaired) electrons. The third kappa shape index (κ3) is 3.94. The quantitative estimate of drug-likeness (QED) is 0.747. The summed E-state index contributed by atoms with van der Waals surface area (Å²) in [5.41, 5.74) is 4.43. The first-order valence-electron chi connectivity index (χ1n) is 8.62. The second-order valence-corrected chi connectivity index (χ2v) is 8.87. The molecule has 2 N–H and O–H groups in total. The predicted molar refractivity (Wildman–Crippen MR) is 101 cm³/mol. The van der Waals surface area contributed by atoms with Crippen molar-refractivity contribution in [1.29, 1.82) is 0 Å². The first-order chi connectivity index (χ1) is 13.3. The van der Waals surface area contributed by atoms with Gasteiger partial charge in [-0.3, -0.25) is 20.4 Å². The highest BCUT2D eigenvalue weighted by molar-refractivity contribution is 7.92. The van der Waals surface area contributed by atoms with Gasteiger partial charge in [0.25, 0.3) is 11.8 Å². The van der Waals surface area contributed by atoms with Crippen molar-refractivity contribution in [3.63, 3.8) is 0 Å². The van der Waals surface area contributed by atoms with Crippen LogP contribution in [0, 0.1) is 0 Å². The molecule has 2 amide bonds. The minimum absolute atomic E-state index is 0.0168. The molecule has 1 atom stereocenters. The van der Waals surface area contributed by atoms with Gasteiger partial charge in [0.15, 0.2) is 21.3 Å². The molecule has 148 valence electrons. The summed E-state index contributed by atoms with van der Waals surface area (Å²) in [4.78, 5) is 24.6. The molecule has 9 heteroatoms. The van der Waals surface area contributed by atoms with Crippen molar-refractivity contribution in [1.82, 2.24) is 10.9 Å². The summed E-state index contributed by atoms with van der Waals surface area (Å²) in [6, 6.07) is 12.7. The van der Waals surface area contributed by atoms with Gasteiger partial charge in [-0.1, -0.05) is 24.3 Å². The van der Waals surface area contributed by atoms with Gasteiger partial charge in [-0.25, -0.2) is 8.42 Å². The Hall–Kier alpha value is -3.07. The highest BCUT2D eigenvalue weighted by Gasteiger charge is 2.29. The number of benzene rings is 2. The van der Waals surface area contributed by atoms with E-state index < -0.39 is 33.0 Å². The van der Waals surface area contributed by atoms with Crippen molar-refractivity contribution < 1.29 is 27.5 Å². The lowest BCUT2D eigenvalue weighted by Gasteiger charge is -2.25. The number of fused-ring (bicyclic) bond motifs is 1. The van der Waals surface area contributed by atoms with E-state index in [1.165, 1.54) is 32.0 Å². The number of hydrogen-bond acceptors (Lipinski definition) is 6. The van der Waals surface area contributed by atoms with E-state index in [2.05, 4.69) is 10.9 Å². The molecule has 0 fully saturated rings. The molecule has 0 aromatic heterocycles. The summed E-state index contributed by atoms with van der Waals surface area (Å²) < 4.78 is 35.9. The number of rotatable bonds is 4. The van der Waals surface area contributed by atoms with Crippen molar-refractivity contribution in [2.75, 3.05) is 6.61 Å². The number of amides is 2. The lowest BCUT2D eigenvalue weighted by Crippen LogP contribution is -2.51. The Morgan fingerprint density at radius 2 is 1.64 bits per heavy atom. The molecule has 2 aromatic rings. The summed E-state index contributed by atoms with van der Waals surface area (Å²) in [7, 11) is -3.66. The average Bonchev–Trinajstić information content (AvgIpc) is 2.71. The van der Waals surface area contributed by atoms with Crippen molar-refractivity contribution in [2.45, 2.75) is 30.1 Å². The van der Waals surface area contributed by atoms with Gasteiger partial charge in [0.2, 0.25) is 6.10 Å². The van der Waals surface area contributed by atoms with Gasteiger partial charge in [0.05, 0.1) is 15.7 Å². The van der Waals surface area contributed by atoms with Gasteiger partial charge < -0.3 is 9.47 Å². The normalized spacial score (nSPS) is 15.8. The molecule has 8 nitrogen and oxygen atoms in total. The van der Waals surface area contributed by atoms with Crippen LogP contribution in [0.1, 0.15) is 24.2 Å². The molecule has 1 heterocycles. The van der Waals surface area contributed by atoms with E-state index in [1.54, 1.807) is 30.3 Å². The summed E-state index contributed by atoms with van der Waals surface area (Å²) in [6.45, 7) is 3.05. The number of ether oxygens (including phenoxy) is 2. The number of hydrazine groups is 1. The molecule has 0 saturated carbocycles. The molecule has 1 aliphatic rings. The second-order valence-electron chi connectivity index (χ2n) is 6.40. The zero-order valence-corrected chi connectivity index (χ0v) is 16.2. The van der Waals surface area contributed by atoms with Gasteiger partial charge in [-0.2, -0.15) is 0 Å². The Morgan fingerprint density at radius 3 is 2.36 bits per heavy atom. The van der Waals surface area contributed by atoms with Crippen LogP contribution in [0.15, 0.2) is 53.4 Å². The van der Waals surface area contributed by atoms with E-state index in [0.717, 1.165) is 0 Å². The topological polar surface area (TPSA) is 111 Å². The molecule has 1 aliphatic heterocycles. The van der Waals surface area contributed by atoms with E-state index in [1.807, 2.05) is 0 Å². The number of carbonyl (C=O) groups excluding carboxylic acids is 2. The van der Waals surface area contributed by atoms with E-state index in [4.69, 9.17) is 9.47 Å². The molecule has 0 saturated heterocycles. The standard InChI is InChI=1S/C19H20N2O6S/c1-12(2)28(24,25)17-10-6-3-7-13(17)18(22)20-21-19(23)16-11-26-14-8-4-5-9-15(14)27-16/h3-10,12,16H,11H2,1-2H3,(H,20,22)(H,21,23). The van der Waals surface area contributed by atoms with Gasteiger partial charge in [-0.05, 0) is 38.1 Å². The van der Waals surface area contributed by atoms with Crippen molar-refractivity contribution in [3.8, 4) is 11.5 Å². The first kappa shape index (κ1) is 19.7. The maximum absolute atomic E-state index is 12.5. The highest BCUT2D eigenvalue weighted by atomic mass is 32.2. The average molecular weight is 404 g/mol. The maximum atomic E-state index is 12.5. The van der Waals surface area contributed by atoms with Crippen LogP contribution in [-0.4, -0.2) is 38.2 Å². The van der Waals surface area contributed by atoms with Gasteiger partial charge in [0.1, 0.15) is 6.61 Å². The Kier molecular flexibility index (Phi) is 5.55. The van der Waals surface area contributed by atoms with E-state index in [0.29, 0.717) is 11.5 Å². The van der Waals surface area contributed by atoms with Crippen LogP contribution < -0.4 is 20.3 Å². The summed E-state index contributed by atoms with van der Waals surface area (Å²) in [6.07, 6.45) is -0.954. The molecule has 1 unspecified atom stereocenters. The van der Waals surface area contributed by atoms with Crippen LogP contribution in [0.25, 0.3) is 0 Å². The fraction of sp³-hybridized carbons (Fsp3) is 0.263. The van der Waals surface area contributed by atoms with Crippen LogP contribution in [0.3, 0.4) is 0 Å². The van der Waals surface area contributed by atoms with Crippen LogP contribution in [0.4, 0.5) is 0 Å². The molecular formula is C19H20N2O6S. The minimum atomic E-state index is -3.66. The Bertz CT molecular complexity index is 1000. The van der Waals surface area contributed by atoms with E-state index in [9.17, 15) is 18.0 Å². The van der Waals surface area contributed by atoms with Gasteiger partial charge >= 0.3 is 0 Å². The lowest BCUT2D eigenvalue weighted by molar-refractivity contribution is -0.131. The molecule has 0 bridgehead atoms. The number of nitrogens with one attached hydrogen (secondary N) is 2. The Morgan fingerprint density at radius 1 is 1.00 bits per heavy atom. The van der Waals surface area contributed by atoms with Crippen molar-refractivity contribution >= 4 is 21.7 Å². The summed E-state index contributed by atoms with van der Waals surface area (Å²) >= 11 is 0. The fourth-order valence-corrected chi connectivity index (χ4v) is 3.81. The second kappa shape index (κ2) is 7.89. The maximum Gasteiger partial charge on any atom is 0.283 e. The van der Waals surface area contributed by atoms with Gasteiger partial charge in [-0.15, -0.1) is 0 Å². The zero-order valence-electron chi connectivity index (χ0n) is 15.3. The van der Waals surface area contributed by atoms with E-state index >= 15 is 0 Å². The molecule has 0 spiro atoms. The number of hydrogen-bond donors (Lipinski definition) is 2. The summed E-state index contributed by atoms with van der Waals surface area (Å²) in [5, 5.41) is -0.691. The first-order valence-corrected chi connectivity index (χ1v) is 10.2.